The average Bonchev–Trinajstić information content (AvgIpc) is 3.18. The Labute approximate surface area is 154 Å². The normalized spacial score (nSPS) is 24.9. The minimum Gasteiger partial charge on any atom is -1.00 e. The van der Waals surface area contributed by atoms with E-state index in [-0.39, 0.29) is 23.9 Å². The maximum absolute atomic E-state index is 11.6. The van der Waals surface area contributed by atoms with Crippen LogP contribution in [0.25, 0.3) is 0 Å². The lowest BCUT2D eigenvalue weighted by atomic mass is 9.67. The molecule has 0 bridgehead atoms. The zero-order chi connectivity index (χ0) is 16.7. The van der Waals surface area contributed by atoms with Gasteiger partial charge >= 0.3 is 5.97 Å². The number of nitrogens with one attached hydrogen (secondary N) is 1. The van der Waals surface area contributed by atoms with Crippen LogP contribution in [0, 0.1) is 12.8 Å². The second-order valence-electron chi connectivity index (χ2n) is 7.59. The van der Waals surface area contributed by atoms with Crippen LogP contribution in [0.5, 0.6) is 0 Å². The third-order valence-corrected chi connectivity index (χ3v) is 6.41. The average molecular weight is 367 g/mol. The van der Waals surface area contributed by atoms with Crippen LogP contribution < -0.4 is 23.0 Å². The highest BCUT2D eigenvalue weighted by Crippen LogP contribution is 2.40. The second kappa shape index (κ2) is 7.23. The van der Waals surface area contributed by atoms with Crippen LogP contribution in [0.4, 0.5) is 0 Å². The van der Waals surface area contributed by atoms with Gasteiger partial charge in [-0.05, 0) is 43.4 Å². The van der Waals surface area contributed by atoms with Crippen molar-refractivity contribution in [1.29, 1.82) is 0 Å². The molecule has 4 N–H and O–H groups in total. The van der Waals surface area contributed by atoms with E-state index in [9.17, 15) is 9.90 Å². The molecule has 1 unspecified atom stereocenters. The summed E-state index contributed by atoms with van der Waals surface area (Å²) in [7, 11) is 0. The Balaban J connectivity index is 0.00000182. The summed E-state index contributed by atoms with van der Waals surface area (Å²) < 4.78 is 5.11. The maximum Gasteiger partial charge on any atom is 0.338 e. The topological polar surface area (TPSA) is 75.2 Å². The number of quaternary nitrogens is 1. The monoisotopic (exact) mass is 366 g/mol. The first-order chi connectivity index (χ1) is 11.6. The van der Waals surface area contributed by atoms with Gasteiger partial charge in [0, 0.05) is 30.0 Å². The minimum absolute atomic E-state index is 0. The highest BCUT2D eigenvalue weighted by atomic mass is 35.5. The number of nitrogens with two attached hydrogens (primary N) is 1. The lowest BCUT2D eigenvalue weighted by Crippen LogP contribution is -3.00. The van der Waals surface area contributed by atoms with E-state index in [1.165, 1.54) is 38.8 Å². The molecule has 25 heavy (non-hydrogen) atoms. The molecule has 2 atom stereocenters. The number of aliphatic hydroxyl groups excluding tert-OH is 1. The highest BCUT2D eigenvalue weighted by molar-refractivity contribution is 5.93. The van der Waals surface area contributed by atoms with Gasteiger partial charge in [0.15, 0.2) is 0 Å². The molecule has 0 radical (unpaired) electrons. The summed E-state index contributed by atoms with van der Waals surface area (Å²) in [5.41, 5.74) is 3.71. The predicted molar refractivity (Wildman–Crippen MR) is 89.6 cm³/mol. The van der Waals surface area contributed by atoms with Gasteiger partial charge in [-0.1, -0.05) is 6.07 Å². The van der Waals surface area contributed by atoms with E-state index in [4.69, 9.17) is 4.74 Å². The number of carbonyl (C=O) groups excluding carboxylic acids is 1. The largest absolute Gasteiger partial charge is 1.00 e. The number of aliphatic hydroxyl groups is 1. The number of benzene rings is 1. The van der Waals surface area contributed by atoms with E-state index in [0.29, 0.717) is 18.7 Å². The van der Waals surface area contributed by atoms with Crippen molar-refractivity contribution in [2.75, 3.05) is 19.6 Å². The Morgan fingerprint density at radius 1 is 1.44 bits per heavy atom. The summed E-state index contributed by atoms with van der Waals surface area (Å²) in [4.78, 5) is 11.6. The maximum atomic E-state index is 11.6. The van der Waals surface area contributed by atoms with E-state index in [1.54, 1.807) is 6.07 Å². The van der Waals surface area contributed by atoms with E-state index in [0.717, 1.165) is 22.6 Å². The molecule has 138 valence electrons. The molecule has 5 nitrogen and oxygen atoms in total. The quantitative estimate of drug-likeness (QED) is 0.517. The lowest BCUT2D eigenvalue weighted by Gasteiger charge is -2.47. The molecule has 0 aromatic heterocycles. The van der Waals surface area contributed by atoms with Crippen molar-refractivity contribution < 1.29 is 32.4 Å². The number of ether oxygens (including phenoxy) is 1. The van der Waals surface area contributed by atoms with Crippen LogP contribution >= 0.6 is 0 Å². The number of fused-ring (bicyclic) bond motifs is 1. The van der Waals surface area contributed by atoms with Crippen LogP contribution in [0.2, 0.25) is 0 Å². The van der Waals surface area contributed by atoms with Gasteiger partial charge in [-0.3, -0.25) is 0 Å². The first-order valence-electron chi connectivity index (χ1n) is 9.15. The molecule has 1 aromatic rings. The van der Waals surface area contributed by atoms with Crippen molar-refractivity contribution in [2.45, 2.75) is 50.9 Å². The fourth-order valence-corrected chi connectivity index (χ4v) is 4.68. The molecule has 2 aliphatic heterocycles. The number of esters is 1. The zero-order valence-electron chi connectivity index (χ0n) is 14.7. The molecule has 4 rings (SSSR count). The fraction of sp³-hybridized carbons (Fsp3) is 0.632. The van der Waals surface area contributed by atoms with Crippen molar-refractivity contribution in [3.63, 3.8) is 0 Å². The predicted octanol–water partition coefficient (Wildman–Crippen LogP) is -2.20. The molecule has 0 amide bonds. The number of halogens is 1. The zero-order valence-corrected chi connectivity index (χ0v) is 15.4. The number of hydrogen-bond donors (Lipinski definition) is 3. The molecule has 2 fully saturated rings. The molecule has 2 heterocycles. The van der Waals surface area contributed by atoms with E-state index in [1.807, 2.05) is 13.0 Å². The Bertz CT molecular complexity index is 654. The fourth-order valence-electron chi connectivity index (χ4n) is 4.68. The third-order valence-electron chi connectivity index (χ3n) is 6.41. The number of hydrogen-bond acceptors (Lipinski definition) is 4. The SMILES string of the molecule is Cc1c([C@@H](O)CNC2(C3CC[NH2+]C3)CCC2)ccc2c1COC2=O.[Cl-]. The van der Waals surface area contributed by atoms with Crippen LogP contribution in [-0.2, 0) is 11.3 Å². The minimum atomic E-state index is -0.547. The standard InChI is InChI=1S/C19H26N2O3.ClH/c1-12-14(3-4-15-16(12)11-24-18(15)23)17(22)10-21-19(6-2-7-19)13-5-8-20-9-13;/h3-4,13,17,20-22H,2,5-11H2,1H3;1H/t13?,17-;/m0./s1. The van der Waals surface area contributed by atoms with Gasteiger partial charge in [0.05, 0.1) is 24.8 Å². The van der Waals surface area contributed by atoms with Crippen molar-refractivity contribution in [3.05, 3.63) is 34.4 Å². The molecule has 3 aliphatic rings. The molecule has 1 saturated carbocycles. The van der Waals surface area contributed by atoms with Crippen LogP contribution in [-0.4, -0.2) is 36.2 Å². The van der Waals surface area contributed by atoms with Gasteiger partial charge in [0.1, 0.15) is 6.61 Å². The smallest absolute Gasteiger partial charge is 0.338 e. The number of rotatable bonds is 5. The molecule has 1 aliphatic carbocycles. The highest BCUT2D eigenvalue weighted by Gasteiger charge is 2.46. The second-order valence-corrected chi connectivity index (χ2v) is 7.59. The molecule has 1 saturated heterocycles. The first kappa shape index (κ1) is 18.6. The van der Waals surface area contributed by atoms with Gasteiger partial charge in [0.2, 0.25) is 0 Å². The molecular formula is C19H27ClN2O3. The van der Waals surface area contributed by atoms with Crippen molar-refractivity contribution >= 4 is 5.97 Å². The number of cyclic esters (lactones) is 1. The van der Waals surface area contributed by atoms with Gasteiger partial charge in [-0.15, -0.1) is 0 Å². The molecule has 0 spiro atoms. The van der Waals surface area contributed by atoms with Gasteiger partial charge < -0.3 is 32.9 Å². The van der Waals surface area contributed by atoms with Crippen LogP contribution in [0.1, 0.15) is 58.8 Å². The summed E-state index contributed by atoms with van der Waals surface area (Å²) >= 11 is 0. The number of carbonyl (C=O) groups is 1. The Kier molecular flexibility index (Phi) is 5.40. The summed E-state index contributed by atoms with van der Waals surface area (Å²) in [6, 6.07) is 3.67. The van der Waals surface area contributed by atoms with Crippen LogP contribution in [0.3, 0.4) is 0 Å². The van der Waals surface area contributed by atoms with Gasteiger partial charge in [0.25, 0.3) is 0 Å². The summed E-state index contributed by atoms with van der Waals surface area (Å²) in [6.07, 6.45) is 4.47. The Morgan fingerprint density at radius 3 is 2.88 bits per heavy atom. The Morgan fingerprint density at radius 2 is 2.24 bits per heavy atom. The number of β-amino-alcohol motifs (C(OH)–C–C–N with tert-alkyl or cyclic N) is 1. The third kappa shape index (κ3) is 3.19. The van der Waals surface area contributed by atoms with E-state index >= 15 is 0 Å². The summed E-state index contributed by atoms with van der Waals surface area (Å²) in [6.45, 7) is 5.32. The first-order valence-corrected chi connectivity index (χ1v) is 9.15. The Hall–Kier alpha value is -1.14. The molecule has 1 aromatic carbocycles. The van der Waals surface area contributed by atoms with Gasteiger partial charge in [-0.2, -0.15) is 0 Å². The van der Waals surface area contributed by atoms with Crippen molar-refractivity contribution in [1.82, 2.24) is 5.32 Å². The van der Waals surface area contributed by atoms with Gasteiger partial charge in [-0.25, -0.2) is 4.79 Å². The molecular weight excluding hydrogens is 340 g/mol. The lowest BCUT2D eigenvalue weighted by molar-refractivity contribution is -0.638. The molecule has 6 heteroatoms. The van der Waals surface area contributed by atoms with E-state index in [2.05, 4.69) is 10.6 Å². The van der Waals surface area contributed by atoms with Crippen LogP contribution in [0.15, 0.2) is 12.1 Å². The summed E-state index contributed by atoms with van der Waals surface area (Å²) in [5.74, 6) is 0.476. The summed E-state index contributed by atoms with van der Waals surface area (Å²) in [5, 5.41) is 16.8. The van der Waals surface area contributed by atoms with Crippen molar-refractivity contribution in [3.8, 4) is 0 Å². The van der Waals surface area contributed by atoms with E-state index < -0.39 is 6.10 Å². The van der Waals surface area contributed by atoms with Crippen molar-refractivity contribution in [2.24, 2.45) is 5.92 Å².